The molecule has 0 amide bonds. The van der Waals surface area contributed by atoms with Gasteiger partial charge in [-0.3, -0.25) is 5.73 Å². The van der Waals surface area contributed by atoms with Gasteiger partial charge in [0.2, 0.25) is 5.72 Å². The van der Waals surface area contributed by atoms with Gasteiger partial charge in [-0.1, -0.05) is 0 Å². The van der Waals surface area contributed by atoms with Crippen molar-refractivity contribution in [2.75, 3.05) is 0 Å². The molecule has 0 fully saturated rings. The summed E-state index contributed by atoms with van der Waals surface area (Å²) in [7, 11) is 0. The summed E-state index contributed by atoms with van der Waals surface area (Å²) < 4.78 is 0. The Labute approximate surface area is 68.0 Å². The van der Waals surface area contributed by atoms with Gasteiger partial charge in [0, 0.05) is 18.3 Å². The van der Waals surface area contributed by atoms with Gasteiger partial charge >= 0.3 is 5.97 Å². The second-order valence-electron chi connectivity index (χ2n) is 2.48. The van der Waals surface area contributed by atoms with Crippen molar-refractivity contribution in [1.82, 2.24) is 9.97 Å². The van der Waals surface area contributed by atoms with Gasteiger partial charge in [-0.2, -0.15) is 0 Å². The van der Waals surface area contributed by atoms with Crippen LogP contribution in [0.2, 0.25) is 0 Å². The summed E-state index contributed by atoms with van der Waals surface area (Å²) in [6.45, 7) is 0. The SMILES string of the molecule is N[C@@](O)(Cc1cnc[nH]1)C(=O)O. The fraction of sp³-hybridized carbons (Fsp3) is 0.333. The van der Waals surface area contributed by atoms with Gasteiger partial charge in [0.1, 0.15) is 0 Å². The number of aliphatic hydroxyl groups is 1. The van der Waals surface area contributed by atoms with Crippen LogP contribution in [-0.4, -0.2) is 31.9 Å². The molecule has 5 N–H and O–H groups in total. The van der Waals surface area contributed by atoms with Crippen molar-refractivity contribution in [2.24, 2.45) is 5.73 Å². The topological polar surface area (TPSA) is 112 Å². The zero-order valence-electron chi connectivity index (χ0n) is 6.19. The Bertz CT molecular complexity index is 268. The summed E-state index contributed by atoms with van der Waals surface area (Å²) in [4.78, 5) is 16.6. The first-order valence-electron chi connectivity index (χ1n) is 3.24. The van der Waals surface area contributed by atoms with Crippen LogP contribution in [0.15, 0.2) is 12.5 Å². The second-order valence-corrected chi connectivity index (χ2v) is 2.48. The van der Waals surface area contributed by atoms with Gasteiger partial charge in [0.15, 0.2) is 0 Å². The van der Waals surface area contributed by atoms with Crippen LogP contribution >= 0.6 is 0 Å². The minimum absolute atomic E-state index is 0.192. The van der Waals surface area contributed by atoms with E-state index in [-0.39, 0.29) is 6.42 Å². The first-order chi connectivity index (χ1) is 5.52. The monoisotopic (exact) mass is 171 g/mol. The summed E-state index contributed by atoms with van der Waals surface area (Å²) in [6.07, 6.45) is 2.59. The van der Waals surface area contributed by atoms with Gasteiger partial charge in [-0.25, -0.2) is 9.78 Å². The molecule has 0 aliphatic carbocycles. The lowest BCUT2D eigenvalue weighted by atomic mass is 10.1. The zero-order valence-corrected chi connectivity index (χ0v) is 6.19. The molecule has 0 bridgehead atoms. The average Bonchev–Trinajstić information content (AvgIpc) is 2.38. The second kappa shape index (κ2) is 2.92. The summed E-state index contributed by atoms with van der Waals surface area (Å²) in [6, 6.07) is 0. The molecule has 0 spiro atoms. The van der Waals surface area contributed by atoms with Crippen LogP contribution in [0.4, 0.5) is 0 Å². The molecular formula is C6H9N3O3. The summed E-state index contributed by atoms with van der Waals surface area (Å²) in [5.74, 6) is -1.46. The van der Waals surface area contributed by atoms with Crippen molar-refractivity contribution < 1.29 is 15.0 Å². The molecule has 0 radical (unpaired) electrons. The molecule has 0 aromatic carbocycles. The number of carboxylic acids is 1. The van der Waals surface area contributed by atoms with E-state index in [4.69, 9.17) is 15.9 Å². The third-order valence-corrected chi connectivity index (χ3v) is 1.39. The number of nitrogens with two attached hydrogens (primary N) is 1. The Morgan fingerprint density at radius 1 is 1.83 bits per heavy atom. The van der Waals surface area contributed by atoms with Crippen molar-refractivity contribution in [3.63, 3.8) is 0 Å². The van der Waals surface area contributed by atoms with E-state index in [1.807, 2.05) is 0 Å². The standard InChI is InChI=1S/C6H9N3O3/c7-6(12,5(10)11)1-4-2-8-3-9-4/h2-3,12H,1,7H2,(H,8,9)(H,10,11)/t6-/m1/s1. The van der Waals surface area contributed by atoms with E-state index >= 15 is 0 Å². The number of aromatic amines is 1. The molecule has 0 aliphatic rings. The number of nitrogens with zero attached hydrogens (tertiary/aromatic N) is 1. The maximum absolute atomic E-state index is 10.3. The van der Waals surface area contributed by atoms with Crippen molar-refractivity contribution in [3.05, 3.63) is 18.2 Å². The lowest BCUT2D eigenvalue weighted by molar-refractivity contribution is -0.157. The number of imidazole rings is 1. The van der Waals surface area contributed by atoms with Gasteiger partial charge in [0.25, 0.3) is 0 Å². The zero-order chi connectivity index (χ0) is 9.19. The maximum atomic E-state index is 10.3. The van der Waals surface area contributed by atoms with Crippen molar-refractivity contribution in [3.8, 4) is 0 Å². The van der Waals surface area contributed by atoms with Gasteiger partial charge in [0.05, 0.1) is 6.33 Å². The van der Waals surface area contributed by atoms with Crippen LogP contribution in [0.25, 0.3) is 0 Å². The Morgan fingerprint density at radius 2 is 2.50 bits per heavy atom. The fourth-order valence-electron chi connectivity index (χ4n) is 0.747. The molecule has 1 atom stereocenters. The highest BCUT2D eigenvalue weighted by Crippen LogP contribution is 2.04. The predicted molar refractivity (Wildman–Crippen MR) is 39.1 cm³/mol. The van der Waals surface area contributed by atoms with Crippen LogP contribution in [0, 0.1) is 0 Å². The smallest absolute Gasteiger partial charge is 0.351 e. The molecular weight excluding hydrogens is 162 g/mol. The highest BCUT2D eigenvalue weighted by Gasteiger charge is 2.31. The summed E-state index contributed by atoms with van der Waals surface area (Å²) in [5.41, 5.74) is 3.30. The lowest BCUT2D eigenvalue weighted by Crippen LogP contribution is -2.49. The summed E-state index contributed by atoms with van der Waals surface area (Å²) in [5, 5.41) is 17.5. The molecule has 1 heterocycles. The third-order valence-electron chi connectivity index (χ3n) is 1.39. The Balaban J connectivity index is 2.69. The molecule has 6 nitrogen and oxygen atoms in total. The van der Waals surface area contributed by atoms with E-state index in [9.17, 15) is 4.79 Å². The van der Waals surface area contributed by atoms with Crippen molar-refractivity contribution in [2.45, 2.75) is 12.1 Å². The van der Waals surface area contributed by atoms with Crippen LogP contribution in [0.3, 0.4) is 0 Å². The lowest BCUT2D eigenvalue weighted by Gasteiger charge is -2.15. The molecule has 1 aromatic heterocycles. The molecule has 0 unspecified atom stereocenters. The molecule has 6 heteroatoms. The quantitative estimate of drug-likeness (QED) is 0.421. The van der Waals surface area contributed by atoms with E-state index in [0.29, 0.717) is 5.69 Å². The van der Waals surface area contributed by atoms with Crippen molar-refractivity contribution in [1.29, 1.82) is 0 Å². The fourth-order valence-corrected chi connectivity index (χ4v) is 0.747. The van der Waals surface area contributed by atoms with Crippen LogP contribution in [-0.2, 0) is 11.2 Å². The molecule has 12 heavy (non-hydrogen) atoms. The van der Waals surface area contributed by atoms with Gasteiger partial charge in [-0.05, 0) is 0 Å². The van der Waals surface area contributed by atoms with E-state index in [1.54, 1.807) is 0 Å². The van der Waals surface area contributed by atoms with Crippen LogP contribution in [0.1, 0.15) is 5.69 Å². The minimum Gasteiger partial charge on any atom is -0.478 e. The van der Waals surface area contributed by atoms with Crippen LogP contribution < -0.4 is 5.73 Å². The number of carbonyl (C=O) groups is 1. The molecule has 1 rings (SSSR count). The van der Waals surface area contributed by atoms with Crippen LogP contribution in [0.5, 0.6) is 0 Å². The highest BCUT2D eigenvalue weighted by molar-refractivity contribution is 5.76. The maximum Gasteiger partial charge on any atom is 0.351 e. The van der Waals surface area contributed by atoms with Gasteiger partial charge in [-0.15, -0.1) is 0 Å². The number of aliphatic carboxylic acids is 1. The number of rotatable bonds is 3. The van der Waals surface area contributed by atoms with Gasteiger partial charge < -0.3 is 15.2 Å². The largest absolute Gasteiger partial charge is 0.478 e. The third kappa shape index (κ3) is 1.80. The van der Waals surface area contributed by atoms with E-state index < -0.39 is 11.7 Å². The molecule has 0 aliphatic heterocycles. The number of H-pyrrole nitrogens is 1. The molecule has 0 saturated heterocycles. The summed E-state index contributed by atoms with van der Waals surface area (Å²) >= 11 is 0. The van der Waals surface area contributed by atoms with Crippen molar-refractivity contribution >= 4 is 5.97 Å². The van der Waals surface area contributed by atoms with E-state index in [0.717, 1.165) is 0 Å². The number of hydrogen-bond donors (Lipinski definition) is 4. The number of aromatic nitrogens is 2. The Morgan fingerprint density at radius 3 is 2.92 bits per heavy atom. The highest BCUT2D eigenvalue weighted by atomic mass is 16.4. The first-order valence-corrected chi connectivity index (χ1v) is 3.24. The van der Waals surface area contributed by atoms with E-state index in [1.165, 1.54) is 12.5 Å². The minimum atomic E-state index is -2.23. The Kier molecular flexibility index (Phi) is 2.11. The molecule has 1 aromatic rings. The molecule has 66 valence electrons. The number of hydrogen-bond acceptors (Lipinski definition) is 4. The number of carboxylic acid groups (broad SMARTS) is 1. The number of nitrogens with one attached hydrogen (secondary N) is 1. The predicted octanol–water partition coefficient (Wildman–Crippen LogP) is -1.32. The first kappa shape index (κ1) is 8.69. The normalized spacial score (nSPS) is 15.5. The average molecular weight is 171 g/mol. The van der Waals surface area contributed by atoms with E-state index in [2.05, 4.69) is 9.97 Å². The molecule has 0 saturated carbocycles. The Hall–Kier alpha value is -1.40.